The van der Waals surface area contributed by atoms with E-state index in [1.54, 1.807) is 0 Å². The lowest BCUT2D eigenvalue weighted by molar-refractivity contribution is 0.227. The summed E-state index contributed by atoms with van der Waals surface area (Å²) < 4.78 is 5.60. The van der Waals surface area contributed by atoms with Crippen LogP contribution >= 0.6 is 0 Å². The van der Waals surface area contributed by atoms with E-state index in [1.807, 2.05) is 44.2 Å². The van der Waals surface area contributed by atoms with E-state index in [1.165, 1.54) is 5.56 Å². The Morgan fingerprint density at radius 3 is 2.47 bits per heavy atom. The van der Waals surface area contributed by atoms with E-state index in [0.717, 1.165) is 17.9 Å². The van der Waals surface area contributed by atoms with Gasteiger partial charge in [-0.15, -0.1) is 0 Å². The molecule has 0 amide bonds. The number of furan rings is 1. The van der Waals surface area contributed by atoms with Gasteiger partial charge in [-0.25, -0.2) is 0 Å². The fraction of sp³-hybridized carbons (Fsp3) is 0.375. The number of hydrogen-bond acceptors (Lipinski definition) is 3. The predicted octanol–water partition coefficient (Wildman–Crippen LogP) is 2.84. The van der Waals surface area contributed by atoms with Crippen molar-refractivity contribution >= 4 is 0 Å². The van der Waals surface area contributed by atoms with Crippen LogP contribution in [0.2, 0.25) is 0 Å². The molecule has 0 saturated carbocycles. The molecule has 3 heteroatoms. The first-order valence-electron chi connectivity index (χ1n) is 6.66. The van der Waals surface area contributed by atoms with Gasteiger partial charge in [0.05, 0.1) is 12.6 Å². The van der Waals surface area contributed by atoms with Crippen LogP contribution in [-0.4, -0.2) is 17.8 Å². The fourth-order valence-electron chi connectivity index (χ4n) is 2.20. The second-order valence-electron chi connectivity index (χ2n) is 4.91. The minimum atomic E-state index is 0.0304. The van der Waals surface area contributed by atoms with Crippen LogP contribution in [0, 0.1) is 6.92 Å². The maximum Gasteiger partial charge on any atom is 0.120 e. The highest BCUT2D eigenvalue weighted by molar-refractivity contribution is 5.16. The molecule has 3 nitrogen and oxygen atoms in total. The van der Waals surface area contributed by atoms with Gasteiger partial charge in [0.1, 0.15) is 11.5 Å². The predicted molar refractivity (Wildman–Crippen MR) is 76.0 cm³/mol. The normalized spacial score (nSPS) is 14.3. The van der Waals surface area contributed by atoms with Crippen molar-refractivity contribution in [3.63, 3.8) is 0 Å². The number of benzene rings is 1. The van der Waals surface area contributed by atoms with Gasteiger partial charge in [0.15, 0.2) is 0 Å². The van der Waals surface area contributed by atoms with Crippen LogP contribution < -0.4 is 5.32 Å². The highest BCUT2D eigenvalue weighted by Gasteiger charge is 2.15. The maximum atomic E-state index is 9.50. The molecule has 1 heterocycles. The Morgan fingerprint density at radius 2 is 1.89 bits per heavy atom. The topological polar surface area (TPSA) is 45.4 Å². The molecule has 1 aromatic carbocycles. The summed E-state index contributed by atoms with van der Waals surface area (Å²) in [6, 6.07) is 14.2. The molecule has 0 saturated heterocycles. The van der Waals surface area contributed by atoms with Crippen molar-refractivity contribution in [3.05, 3.63) is 59.5 Å². The second kappa shape index (κ2) is 6.55. The molecule has 0 aliphatic rings. The molecule has 2 rings (SSSR count). The average molecular weight is 259 g/mol. The summed E-state index contributed by atoms with van der Waals surface area (Å²) in [5.74, 6) is 1.82. The number of rotatable bonds is 6. The first-order chi connectivity index (χ1) is 9.19. The van der Waals surface area contributed by atoms with Gasteiger partial charge in [-0.1, -0.05) is 30.3 Å². The fourth-order valence-corrected chi connectivity index (χ4v) is 2.20. The molecule has 2 N–H and O–H groups in total. The molecule has 0 bridgehead atoms. The van der Waals surface area contributed by atoms with Crippen LogP contribution in [0.5, 0.6) is 0 Å². The number of aryl methyl sites for hydroxylation is 1. The smallest absolute Gasteiger partial charge is 0.120 e. The van der Waals surface area contributed by atoms with Crippen LogP contribution in [0.25, 0.3) is 0 Å². The Balaban J connectivity index is 1.95. The van der Waals surface area contributed by atoms with Crippen LogP contribution in [0.15, 0.2) is 46.9 Å². The van der Waals surface area contributed by atoms with Gasteiger partial charge in [-0.05, 0) is 38.0 Å². The molecule has 0 radical (unpaired) electrons. The molecule has 0 aliphatic heterocycles. The Hall–Kier alpha value is -1.58. The van der Waals surface area contributed by atoms with Crippen LogP contribution in [-0.2, 0) is 6.42 Å². The average Bonchev–Trinajstić information content (AvgIpc) is 2.86. The lowest BCUT2D eigenvalue weighted by Gasteiger charge is -2.20. The first kappa shape index (κ1) is 13.8. The van der Waals surface area contributed by atoms with E-state index in [4.69, 9.17) is 4.42 Å². The first-order valence-corrected chi connectivity index (χ1v) is 6.66. The van der Waals surface area contributed by atoms with Crippen molar-refractivity contribution in [2.45, 2.75) is 32.4 Å². The van der Waals surface area contributed by atoms with Gasteiger partial charge < -0.3 is 14.8 Å². The van der Waals surface area contributed by atoms with E-state index in [-0.39, 0.29) is 18.7 Å². The van der Waals surface area contributed by atoms with Gasteiger partial charge in [-0.2, -0.15) is 0 Å². The summed E-state index contributed by atoms with van der Waals surface area (Å²) >= 11 is 0. The quantitative estimate of drug-likeness (QED) is 0.838. The van der Waals surface area contributed by atoms with Crippen molar-refractivity contribution in [1.82, 2.24) is 5.32 Å². The van der Waals surface area contributed by atoms with Crippen molar-refractivity contribution in [2.75, 3.05) is 6.61 Å². The Kier molecular flexibility index (Phi) is 4.77. The lowest BCUT2D eigenvalue weighted by Crippen LogP contribution is -2.36. The maximum absolute atomic E-state index is 9.50. The van der Waals surface area contributed by atoms with Crippen LogP contribution in [0.3, 0.4) is 0 Å². The highest BCUT2D eigenvalue weighted by atomic mass is 16.3. The van der Waals surface area contributed by atoms with E-state index < -0.39 is 0 Å². The highest BCUT2D eigenvalue weighted by Crippen LogP contribution is 2.17. The summed E-state index contributed by atoms with van der Waals surface area (Å²) in [7, 11) is 0. The summed E-state index contributed by atoms with van der Waals surface area (Å²) in [4.78, 5) is 0. The Morgan fingerprint density at radius 1 is 1.16 bits per heavy atom. The third kappa shape index (κ3) is 3.94. The van der Waals surface area contributed by atoms with E-state index >= 15 is 0 Å². The molecule has 102 valence electrons. The summed E-state index contributed by atoms with van der Waals surface area (Å²) in [5, 5.41) is 12.9. The molecular weight excluding hydrogens is 238 g/mol. The zero-order chi connectivity index (χ0) is 13.7. The minimum Gasteiger partial charge on any atom is -0.465 e. The van der Waals surface area contributed by atoms with Crippen molar-refractivity contribution < 1.29 is 9.52 Å². The van der Waals surface area contributed by atoms with Gasteiger partial charge in [-0.3, -0.25) is 0 Å². The molecule has 19 heavy (non-hydrogen) atoms. The van der Waals surface area contributed by atoms with E-state index in [2.05, 4.69) is 17.4 Å². The zero-order valence-electron chi connectivity index (χ0n) is 11.5. The Labute approximate surface area is 114 Å². The molecular formula is C16H21NO2. The second-order valence-corrected chi connectivity index (χ2v) is 4.91. The Bertz CT molecular complexity index is 492. The molecule has 2 unspecified atom stereocenters. The van der Waals surface area contributed by atoms with Gasteiger partial charge >= 0.3 is 0 Å². The zero-order valence-corrected chi connectivity index (χ0v) is 11.5. The molecule has 0 fully saturated rings. The van der Waals surface area contributed by atoms with Crippen molar-refractivity contribution in [3.8, 4) is 0 Å². The lowest BCUT2D eigenvalue weighted by atomic mass is 10.1. The molecule has 2 aromatic rings. The van der Waals surface area contributed by atoms with Crippen LogP contribution in [0.4, 0.5) is 0 Å². The van der Waals surface area contributed by atoms with Gasteiger partial charge in [0.2, 0.25) is 0 Å². The van der Waals surface area contributed by atoms with E-state index in [9.17, 15) is 5.11 Å². The summed E-state index contributed by atoms with van der Waals surface area (Å²) in [6.45, 7) is 4.09. The third-order valence-electron chi connectivity index (χ3n) is 3.22. The van der Waals surface area contributed by atoms with E-state index in [0.29, 0.717) is 0 Å². The van der Waals surface area contributed by atoms with Crippen LogP contribution in [0.1, 0.15) is 30.0 Å². The van der Waals surface area contributed by atoms with Gasteiger partial charge in [0, 0.05) is 6.04 Å². The molecule has 0 spiro atoms. The standard InChI is InChI=1S/C16H21NO2/c1-12-8-9-16(19-12)13(2)17-15(11-18)10-14-6-4-3-5-7-14/h3-9,13,15,17-18H,10-11H2,1-2H3. The minimum absolute atomic E-state index is 0.0304. The SMILES string of the molecule is Cc1ccc(C(C)NC(CO)Cc2ccccc2)o1. The largest absolute Gasteiger partial charge is 0.465 e. The molecule has 0 aliphatic carbocycles. The number of aliphatic hydroxyl groups is 1. The van der Waals surface area contributed by atoms with Crippen molar-refractivity contribution in [2.24, 2.45) is 0 Å². The molecule has 2 atom stereocenters. The van der Waals surface area contributed by atoms with Gasteiger partial charge in [0.25, 0.3) is 0 Å². The third-order valence-corrected chi connectivity index (χ3v) is 3.22. The number of aliphatic hydroxyl groups excluding tert-OH is 1. The number of nitrogens with one attached hydrogen (secondary N) is 1. The summed E-state index contributed by atoms with van der Waals surface area (Å²) in [5.41, 5.74) is 1.22. The van der Waals surface area contributed by atoms with Crippen molar-refractivity contribution in [1.29, 1.82) is 0 Å². The monoisotopic (exact) mass is 259 g/mol. The molecule has 1 aromatic heterocycles. The number of hydrogen-bond donors (Lipinski definition) is 2. The summed E-state index contributed by atoms with van der Waals surface area (Å²) in [6.07, 6.45) is 0.807.